The van der Waals surface area contributed by atoms with Gasteiger partial charge in [0.05, 0.1) is 0 Å². The molecule has 0 atom stereocenters. The molecular formula is C10H13NO3S. The topological polar surface area (TPSA) is 80.4 Å². The summed E-state index contributed by atoms with van der Waals surface area (Å²) in [5.41, 5.74) is 5.72. The molecule has 0 aromatic heterocycles. The predicted molar refractivity (Wildman–Crippen MR) is 59.3 cm³/mol. The molecule has 1 rings (SSSR count). The minimum atomic E-state index is -3.44. The van der Waals surface area contributed by atoms with Crippen LogP contribution in [-0.4, -0.2) is 26.3 Å². The summed E-state index contributed by atoms with van der Waals surface area (Å²) < 4.78 is 22.8. The van der Waals surface area contributed by atoms with E-state index in [1.165, 1.54) is 6.07 Å². The molecule has 1 aromatic rings. The van der Waals surface area contributed by atoms with Crippen LogP contribution in [0.25, 0.3) is 6.08 Å². The number of phenolic OH excluding ortho intramolecular Hbond substituents is 1. The lowest BCUT2D eigenvalue weighted by Gasteiger charge is -2.05. The van der Waals surface area contributed by atoms with Gasteiger partial charge in [-0.1, -0.05) is 24.3 Å². The highest BCUT2D eigenvalue weighted by molar-refractivity contribution is 7.90. The first-order valence-electron chi connectivity index (χ1n) is 4.35. The average Bonchev–Trinajstić information content (AvgIpc) is 2.12. The summed E-state index contributed by atoms with van der Waals surface area (Å²) in [6.07, 6.45) is 4.27. The molecule has 15 heavy (non-hydrogen) atoms. The van der Waals surface area contributed by atoms with Crippen LogP contribution in [0.1, 0.15) is 5.56 Å². The molecular weight excluding hydrogens is 214 g/mol. The Bertz CT molecular complexity index is 477. The minimum absolute atomic E-state index is 0.0605. The highest BCUT2D eigenvalue weighted by Gasteiger charge is 2.16. The van der Waals surface area contributed by atoms with Crippen LogP contribution in [0.2, 0.25) is 0 Å². The molecule has 4 nitrogen and oxygen atoms in total. The van der Waals surface area contributed by atoms with E-state index in [2.05, 4.69) is 0 Å². The van der Waals surface area contributed by atoms with E-state index < -0.39 is 9.84 Å². The van der Waals surface area contributed by atoms with Gasteiger partial charge in [-0.15, -0.1) is 0 Å². The second kappa shape index (κ2) is 4.46. The van der Waals surface area contributed by atoms with Crippen LogP contribution >= 0.6 is 0 Å². The molecule has 0 aliphatic carbocycles. The Morgan fingerprint density at radius 1 is 1.47 bits per heavy atom. The molecule has 82 valence electrons. The Kier molecular flexibility index (Phi) is 3.49. The summed E-state index contributed by atoms with van der Waals surface area (Å²) in [5, 5.41) is 9.48. The van der Waals surface area contributed by atoms with Crippen molar-refractivity contribution in [3.05, 3.63) is 29.8 Å². The number of rotatable bonds is 3. The number of hydrogen-bond donors (Lipinski definition) is 2. The maximum Gasteiger partial charge on any atom is 0.179 e. The van der Waals surface area contributed by atoms with Crippen molar-refractivity contribution in [2.24, 2.45) is 5.73 Å². The normalized spacial score (nSPS) is 12.1. The van der Waals surface area contributed by atoms with Gasteiger partial charge in [0.15, 0.2) is 9.84 Å². The Hall–Kier alpha value is -1.33. The molecule has 0 fully saturated rings. The van der Waals surface area contributed by atoms with Crippen LogP contribution < -0.4 is 5.73 Å². The molecule has 0 aliphatic heterocycles. The van der Waals surface area contributed by atoms with Crippen LogP contribution in [0.5, 0.6) is 5.75 Å². The van der Waals surface area contributed by atoms with Gasteiger partial charge in [0, 0.05) is 12.8 Å². The molecule has 3 N–H and O–H groups in total. The minimum Gasteiger partial charge on any atom is -0.507 e. The van der Waals surface area contributed by atoms with Gasteiger partial charge < -0.3 is 10.8 Å². The van der Waals surface area contributed by atoms with E-state index in [1.54, 1.807) is 24.3 Å². The zero-order chi connectivity index (χ0) is 11.5. The lowest BCUT2D eigenvalue weighted by molar-refractivity contribution is 0.459. The summed E-state index contributed by atoms with van der Waals surface area (Å²) in [5.74, 6) is -0.239. The third kappa shape index (κ3) is 2.81. The first-order chi connectivity index (χ1) is 6.96. The van der Waals surface area contributed by atoms with Crippen molar-refractivity contribution in [3.63, 3.8) is 0 Å². The first kappa shape index (κ1) is 11.7. The van der Waals surface area contributed by atoms with Crippen molar-refractivity contribution in [2.75, 3.05) is 12.8 Å². The van der Waals surface area contributed by atoms with Crippen molar-refractivity contribution >= 4 is 15.9 Å². The molecule has 0 saturated heterocycles. The van der Waals surface area contributed by atoms with Crippen molar-refractivity contribution in [1.82, 2.24) is 0 Å². The number of nitrogens with two attached hydrogens (primary N) is 1. The lowest BCUT2D eigenvalue weighted by Crippen LogP contribution is -2.01. The number of hydrogen-bond acceptors (Lipinski definition) is 4. The number of benzene rings is 1. The molecule has 1 aromatic carbocycles. The Morgan fingerprint density at radius 3 is 2.67 bits per heavy atom. The van der Waals surface area contributed by atoms with Gasteiger partial charge in [0.1, 0.15) is 10.6 Å². The van der Waals surface area contributed by atoms with E-state index in [9.17, 15) is 13.5 Å². The van der Waals surface area contributed by atoms with E-state index >= 15 is 0 Å². The van der Waals surface area contributed by atoms with Crippen LogP contribution in [0, 0.1) is 0 Å². The van der Waals surface area contributed by atoms with Gasteiger partial charge in [-0.05, 0) is 11.6 Å². The average molecular weight is 227 g/mol. The van der Waals surface area contributed by atoms with Crippen molar-refractivity contribution in [1.29, 1.82) is 0 Å². The molecule has 5 heteroatoms. The molecule has 0 aliphatic rings. The number of phenols is 1. The second-order valence-electron chi connectivity index (χ2n) is 3.11. The predicted octanol–water partition coefficient (Wildman–Crippen LogP) is 0.768. The number of sulfone groups is 1. The fraction of sp³-hybridized carbons (Fsp3) is 0.200. The van der Waals surface area contributed by atoms with Crippen LogP contribution in [0.3, 0.4) is 0 Å². The van der Waals surface area contributed by atoms with Crippen molar-refractivity contribution < 1.29 is 13.5 Å². The van der Waals surface area contributed by atoms with Crippen LogP contribution in [0.4, 0.5) is 0 Å². The van der Waals surface area contributed by atoms with Gasteiger partial charge in [-0.3, -0.25) is 0 Å². The van der Waals surface area contributed by atoms with Crippen LogP contribution in [-0.2, 0) is 9.84 Å². The van der Waals surface area contributed by atoms with E-state index in [0.717, 1.165) is 6.26 Å². The van der Waals surface area contributed by atoms with E-state index in [0.29, 0.717) is 12.1 Å². The first-order valence-corrected chi connectivity index (χ1v) is 6.24. The van der Waals surface area contributed by atoms with E-state index in [-0.39, 0.29) is 10.6 Å². The summed E-state index contributed by atoms with van der Waals surface area (Å²) in [7, 11) is -3.44. The quantitative estimate of drug-likeness (QED) is 0.799. The molecule has 0 unspecified atom stereocenters. The van der Waals surface area contributed by atoms with Gasteiger partial charge in [0.2, 0.25) is 0 Å². The smallest absolute Gasteiger partial charge is 0.179 e. The number of aromatic hydroxyl groups is 1. The molecule has 0 saturated carbocycles. The van der Waals surface area contributed by atoms with Crippen molar-refractivity contribution in [3.8, 4) is 5.75 Å². The maximum atomic E-state index is 11.4. The third-order valence-corrected chi connectivity index (χ3v) is 3.02. The fourth-order valence-corrected chi connectivity index (χ4v) is 2.28. The summed E-state index contributed by atoms with van der Waals surface area (Å²) >= 11 is 0. The Morgan fingerprint density at radius 2 is 2.13 bits per heavy atom. The Labute approximate surface area is 89.0 Å². The summed E-state index contributed by atoms with van der Waals surface area (Å²) in [6.45, 7) is 0.318. The molecule has 0 heterocycles. The monoisotopic (exact) mass is 227 g/mol. The van der Waals surface area contributed by atoms with Gasteiger partial charge in [-0.2, -0.15) is 0 Å². The molecule has 0 bridgehead atoms. The highest BCUT2D eigenvalue weighted by atomic mass is 32.2. The molecule has 0 amide bonds. The maximum absolute atomic E-state index is 11.4. The zero-order valence-corrected chi connectivity index (χ0v) is 9.16. The third-order valence-electron chi connectivity index (χ3n) is 1.83. The van der Waals surface area contributed by atoms with Crippen molar-refractivity contribution in [2.45, 2.75) is 4.90 Å². The van der Waals surface area contributed by atoms with E-state index in [1.807, 2.05) is 0 Å². The summed E-state index contributed by atoms with van der Waals surface area (Å²) in [6, 6.07) is 4.54. The van der Waals surface area contributed by atoms with E-state index in [4.69, 9.17) is 5.73 Å². The fourth-order valence-electron chi connectivity index (χ4n) is 1.27. The van der Waals surface area contributed by atoms with Gasteiger partial charge in [-0.25, -0.2) is 8.42 Å². The van der Waals surface area contributed by atoms with Gasteiger partial charge >= 0.3 is 0 Å². The lowest BCUT2D eigenvalue weighted by atomic mass is 10.2. The van der Waals surface area contributed by atoms with Gasteiger partial charge in [0.25, 0.3) is 0 Å². The largest absolute Gasteiger partial charge is 0.507 e. The second-order valence-corrected chi connectivity index (χ2v) is 5.06. The SMILES string of the molecule is CS(=O)(=O)c1c(O)cccc1C=CCN. The molecule has 0 radical (unpaired) electrons. The zero-order valence-electron chi connectivity index (χ0n) is 8.34. The summed E-state index contributed by atoms with van der Waals surface area (Å²) in [4.78, 5) is -0.0605. The molecule has 0 spiro atoms. The highest BCUT2D eigenvalue weighted by Crippen LogP contribution is 2.27. The Balaban J connectivity index is 3.40. The standard InChI is InChI=1S/C10H13NO3S/c1-15(13,14)10-8(5-3-7-11)4-2-6-9(10)12/h2-6,12H,7,11H2,1H3. The van der Waals surface area contributed by atoms with Crippen LogP contribution in [0.15, 0.2) is 29.2 Å².